The van der Waals surface area contributed by atoms with Gasteiger partial charge in [-0.3, -0.25) is 23.9 Å². The van der Waals surface area contributed by atoms with E-state index in [4.69, 9.17) is 26.0 Å². The van der Waals surface area contributed by atoms with Gasteiger partial charge in [0.25, 0.3) is 11.8 Å². The molecule has 2 aliphatic heterocycles. The number of halogens is 1. The molecule has 0 aliphatic carbocycles. The standard InChI is InChI=1S/C54H55ClN10O7S/c1-30(25-64-18-17-43(62-64)35-11-12-37(23-56)42(55)19-35)59-50(67)38-14-16-47(57-24-38)63-27-41(28-63)71-40-15-13-36-20-46(72-45(36)22-40)52(69)61-49(54(4,5)6)53(70)65-26-39(66)21-44(65)51(68)60-31(2)33-7-9-34(10-8-33)48-32(3)58-29-73-48/h7-20,22,24,29-31,39,41,44,49,66H,21,25-28H2,1-6H3,(H,59,67)(H,60,68)(H,61,69)/t30-,31-,39+,44?,49+/m0/s1. The molecule has 5 atom stereocenters. The number of aliphatic hydroxyl groups is 1. The molecule has 2 aliphatic rings. The molecule has 3 aromatic carbocycles. The SMILES string of the molecule is Cc1ncsc1-c1ccc([C@H](C)NC(=O)C2C[C@@H](O)CN2C(=O)[C@@H](NC(=O)c2cc3ccc(OC4CN(c5ccc(C(=O)N[C@@H](C)Cn6ccc(-c7ccc(C#N)c(Cl)c7)n6)cn5)C4)cc3o2)C(C)(C)C)cc1. The number of nitrogens with zero attached hydrogens (tertiary/aromatic N) is 7. The number of anilines is 1. The van der Waals surface area contributed by atoms with E-state index in [0.717, 1.165) is 27.3 Å². The van der Waals surface area contributed by atoms with Gasteiger partial charge in [-0.05, 0) is 85.8 Å². The fourth-order valence-corrected chi connectivity index (χ4v) is 10.1. The smallest absolute Gasteiger partial charge is 0.287 e. The molecule has 4 amide bonds. The highest BCUT2D eigenvalue weighted by atomic mass is 35.5. The van der Waals surface area contributed by atoms with Crippen LogP contribution in [-0.4, -0.2) is 103 Å². The summed E-state index contributed by atoms with van der Waals surface area (Å²) in [7, 11) is 0. The van der Waals surface area contributed by atoms with E-state index in [0.29, 0.717) is 64.0 Å². The number of β-amino-alcohol motifs (C(OH)–C–C–N with tert-alkyl or cyclic N) is 1. The largest absolute Gasteiger partial charge is 0.487 e. The Morgan fingerprint density at radius 2 is 1.70 bits per heavy atom. The number of nitrogens with one attached hydrogen (secondary N) is 3. The minimum absolute atomic E-state index is 0.00136. The van der Waals surface area contributed by atoms with Gasteiger partial charge in [-0.2, -0.15) is 10.4 Å². The number of carbonyl (C=O) groups is 4. The molecule has 19 heteroatoms. The first-order valence-corrected chi connectivity index (χ1v) is 25.2. The number of aromatic nitrogens is 4. The highest BCUT2D eigenvalue weighted by molar-refractivity contribution is 7.13. The monoisotopic (exact) mass is 1020 g/mol. The van der Waals surface area contributed by atoms with Crippen molar-refractivity contribution in [3.05, 3.63) is 136 Å². The average molecular weight is 1020 g/mol. The number of carbonyl (C=O) groups excluding carboxylic acids is 4. The second-order valence-corrected chi connectivity index (χ2v) is 21.0. The maximum atomic E-state index is 14.3. The Kier molecular flexibility index (Phi) is 14.4. The Balaban J connectivity index is 0.758. The third-order valence-electron chi connectivity index (χ3n) is 13.1. The molecule has 6 heterocycles. The number of furan rings is 1. The number of fused-ring (bicyclic) bond motifs is 1. The van der Waals surface area contributed by atoms with Crippen LogP contribution in [0.5, 0.6) is 5.75 Å². The van der Waals surface area contributed by atoms with Crippen LogP contribution in [0.15, 0.2) is 107 Å². The zero-order valence-electron chi connectivity index (χ0n) is 41.1. The van der Waals surface area contributed by atoms with Crippen LogP contribution in [0.3, 0.4) is 0 Å². The second kappa shape index (κ2) is 20.9. The molecule has 9 rings (SSSR count). The van der Waals surface area contributed by atoms with Gasteiger partial charge in [0.15, 0.2) is 5.76 Å². The number of rotatable bonds is 15. The number of thiazole rings is 1. The lowest BCUT2D eigenvalue weighted by Gasteiger charge is -2.39. The van der Waals surface area contributed by atoms with Crippen molar-refractivity contribution >= 4 is 63.4 Å². The first-order valence-electron chi connectivity index (χ1n) is 24.0. The molecular formula is C54H55ClN10O7S. The zero-order chi connectivity index (χ0) is 51.7. The lowest BCUT2D eigenvalue weighted by molar-refractivity contribution is -0.142. The molecule has 4 aromatic heterocycles. The van der Waals surface area contributed by atoms with Crippen LogP contribution in [0.1, 0.15) is 84.8 Å². The molecular weight excluding hydrogens is 968 g/mol. The number of ether oxygens (including phenoxy) is 1. The van der Waals surface area contributed by atoms with E-state index in [1.807, 2.05) is 88.5 Å². The Morgan fingerprint density at radius 3 is 2.38 bits per heavy atom. The first-order chi connectivity index (χ1) is 34.9. The lowest BCUT2D eigenvalue weighted by Crippen LogP contribution is -2.57. The van der Waals surface area contributed by atoms with Crippen molar-refractivity contribution < 1.29 is 33.4 Å². The lowest BCUT2D eigenvalue weighted by atomic mass is 9.85. The van der Waals surface area contributed by atoms with Gasteiger partial charge < -0.3 is 40.0 Å². The Morgan fingerprint density at radius 1 is 0.932 bits per heavy atom. The summed E-state index contributed by atoms with van der Waals surface area (Å²) < 4.78 is 14.0. The van der Waals surface area contributed by atoms with Gasteiger partial charge in [-0.15, -0.1) is 11.3 Å². The highest BCUT2D eigenvalue weighted by Crippen LogP contribution is 2.32. The Bertz CT molecular complexity index is 3220. The Labute approximate surface area is 431 Å². The number of hydrogen-bond donors (Lipinski definition) is 4. The summed E-state index contributed by atoms with van der Waals surface area (Å²) in [5.74, 6) is -0.483. The highest BCUT2D eigenvalue weighted by Gasteiger charge is 2.45. The number of aliphatic hydroxyl groups excluding tert-OH is 1. The summed E-state index contributed by atoms with van der Waals surface area (Å²) in [5.41, 5.74) is 6.64. The quantitative estimate of drug-likeness (QED) is 0.0776. The molecule has 4 N–H and O–H groups in total. The van der Waals surface area contributed by atoms with Crippen LogP contribution in [0.4, 0.5) is 5.82 Å². The maximum absolute atomic E-state index is 14.3. The van der Waals surface area contributed by atoms with E-state index in [-0.39, 0.29) is 42.8 Å². The van der Waals surface area contributed by atoms with E-state index < -0.39 is 41.3 Å². The van der Waals surface area contributed by atoms with Gasteiger partial charge in [-0.1, -0.05) is 62.7 Å². The third-order valence-corrected chi connectivity index (χ3v) is 14.4. The number of benzene rings is 3. The third kappa shape index (κ3) is 11.2. The van der Waals surface area contributed by atoms with Crippen molar-refractivity contribution in [2.75, 3.05) is 24.5 Å². The predicted octanol–water partition coefficient (Wildman–Crippen LogP) is 7.72. The molecule has 2 fully saturated rings. The van der Waals surface area contributed by atoms with Gasteiger partial charge >= 0.3 is 0 Å². The van der Waals surface area contributed by atoms with Gasteiger partial charge in [-0.25, -0.2) is 9.97 Å². The zero-order valence-corrected chi connectivity index (χ0v) is 42.7. The van der Waals surface area contributed by atoms with Crippen LogP contribution < -0.4 is 25.6 Å². The number of amides is 4. The second-order valence-electron chi connectivity index (χ2n) is 19.8. The summed E-state index contributed by atoms with van der Waals surface area (Å²) in [6, 6.07) is 24.8. The molecule has 73 heavy (non-hydrogen) atoms. The van der Waals surface area contributed by atoms with E-state index in [1.165, 1.54) is 4.90 Å². The van der Waals surface area contributed by atoms with Crippen LogP contribution in [-0.2, 0) is 16.1 Å². The number of likely N-dealkylation sites (tertiary alicyclic amines) is 1. The molecule has 376 valence electrons. The summed E-state index contributed by atoms with van der Waals surface area (Å²) in [4.78, 5) is 68.4. The molecule has 0 spiro atoms. The molecule has 0 radical (unpaired) electrons. The minimum Gasteiger partial charge on any atom is -0.487 e. The maximum Gasteiger partial charge on any atom is 0.287 e. The van der Waals surface area contributed by atoms with E-state index in [1.54, 1.807) is 76.8 Å². The van der Waals surface area contributed by atoms with E-state index in [9.17, 15) is 24.3 Å². The van der Waals surface area contributed by atoms with Crippen molar-refractivity contribution in [2.45, 2.75) is 90.9 Å². The topological polar surface area (TPSA) is 221 Å². The van der Waals surface area contributed by atoms with Crippen molar-refractivity contribution in [1.29, 1.82) is 5.26 Å². The van der Waals surface area contributed by atoms with Gasteiger partial charge in [0.1, 0.15) is 41.4 Å². The normalized spacial score (nSPS) is 17.1. The fourth-order valence-electron chi connectivity index (χ4n) is 9.03. The molecule has 0 bridgehead atoms. The van der Waals surface area contributed by atoms with E-state index >= 15 is 0 Å². The van der Waals surface area contributed by atoms with Crippen LogP contribution in [0, 0.1) is 23.7 Å². The molecule has 17 nitrogen and oxygen atoms in total. The molecule has 0 saturated carbocycles. The van der Waals surface area contributed by atoms with Crippen LogP contribution >= 0.6 is 22.9 Å². The van der Waals surface area contributed by atoms with Gasteiger partial charge in [0.05, 0.1) is 69.7 Å². The van der Waals surface area contributed by atoms with Crippen molar-refractivity contribution in [3.8, 4) is 33.5 Å². The minimum atomic E-state index is -1.06. The van der Waals surface area contributed by atoms with Gasteiger partial charge in [0, 0.05) is 48.4 Å². The molecule has 7 aromatic rings. The number of aryl methyl sites for hydroxylation is 1. The number of pyridine rings is 1. The van der Waals surface area contributed by atoms with Crippen LogP contribution in [0.25, 0.3) is 32.7 Å². The van der Waals surface area contributed by atoms with Gasteiger partial charge in [0.2, 0.25) is 11.8 Å². The summed E-state index contributed by atoms with van der Waals surface area (Å²) >= 11 is 7.77. The summed E-state index contributed by atoms with van der Waals surface area (Å²) in [6.45, 7) is 12.7. The predicted molar refractivity (Wildman–Crippen MR) is 277 cm³/mol. The first kappa shape index (κ1) is 50.4. The number of hydrogen-bond acceptors (Lipinski definition) is 13. The summed E-state index contributed by atoms with van der Waals surface area (Å²) in [6.07, 6.45) is 2.37. The van der Waals surface area contributed by atoms with Crippen molar-refractivity contribution in [1.82, 2.24) is 40.6 Å². The fraction of sp³-hybridized carbons (Fsp3) is 0.333. The van der Waals surface area contributed by atoms with E-state index in [2.05, 4.69) is 37.1 Å². The summed E-state index contributed by atoms with van der Waals surface area (Å²) in [5, 5.41) is 34.4. The number of nitriles is 1. The molecule has 1 unspecified atom stereocenters. The van der Waals surface area contributed by atoms with Crippen molar-refractivity contribution in [3.63, 3.8) is 0 Å². The van der Waals surface area contributed by atoms with Crippen LogP contribution in [0.2, 0.25) is 5.02 Å². The van der Waals surface area contributed by atoms with Crippen molar-refractivity contribution in [2.24, 2.45) is 5.41 Å². The Hall–Kier alpha value is -7.59. The average Bonchev–Trinajstić information content (AvgIpc) is 4.18. The molecule has 2 saturated heterocycles.